The Balaban J connectivity index is 1.63. The molecule has 0 fully saturated rings. The van der Waals surface area contributed by atoms with Crippen LogP contribution < -0.4 is 16.2 Å². The zero-order valence-corrected chi connectivity index (χ0v) is 18.7. The van der Waals surface area contributed by atoms with Gasteiger partial charge in [0.15, 0.2) is 0 Å². The van der Waals surface area contributed by atoms with Gasteiger partial charge in [-0.25, -0.2) is 25.2 Å². The van der Waals surface area contributed by atoms with Crippen LogP contribution >= 0.6 is 37.5 Å². The van der Waals surface area contributed by atoms with Gasteiger partial charge in [-0.3, -0.25) is 5.43 Å². The molecule has 0 unspecified atom stereocenters. The molecule has 0 aliphatic heterocycles. The number of carbonyl (C=O) groups is 1. The van der Waals surface area contributed by atoms with E-state index >= 15 is 0 Å². The maximum Gasteiger partial charge on any atom is 0.426 e. The minimum absolute atomic E-state index is 0.338. The van der Waals surface area contributed by atoms with Crippen LogP contribution in [0.4, 0.5) is 22.1 Å². The third-order valence-corrected chi connectivity index (χ3v) is 6.44. The summed E-state index contributed by atoms with van der Waals surface area (Å²) in [7, 11) is 3.40. The van der Waals surface area contributed by atoms with Crippen LogP contribution in [0.15, 0.2) is 47.3 Å². The van der Waals surface area contributed by atoms with Gasteiger partial charge >= 0.3 is 6.09 Å². The Morgan fingerprint density at radius 2 is 2.10 bits per heavy atom. The van der Waals surface area contributed by atoms with Gasteiger partial charge in [0.25, 0.3) is 0 Å². The molecule has 0 spiro atoms. The number of rotatable bonds is 9. The number of hydrogen-bond donors (Lipinski definition) is 3. The number of benzene rings is 1. The number of aromatic nitrogens is 3. The van der Waals surface area contributed by atoms with Crippen molar-refractivity contribution in [3.05, 3.63) is 47.3 Å². The van der Waals surface area contributed by atoms with Crippen molar-refractivity contribution in [2.45, 2.75) is 6.92 Å². The highest BCUT2D eigenvalue weighted by Crippen LogP contribution is 2.25. The van der Waals surface area contributed by atoms with Gasteiger partial charge in [-0.15, -0.1) is 0 Å². The zero-order valence-electron chi connectivity index (χ0n) is 15.5. The average Bonchev–Trinajstić information content (AvgIpc) is 2.72. The minimum Gasteiger partial charge on any atom is -0.447 e. The van der Waals surface area contributed by atoms with Crippen molar-refractivity contribution in [1.29, 1.82) is 0 Å². The minimum atomic E-state index is -0.564. The summed E-state index contributed by atoms with van der Waals surface area (Å²) >= 11 is 3.45. The first-order chi connectivity index (χ1) is 14.2. The van der Waals surface area contributed by atoms with Gasteiger partial charge in [-0.1, -0.05) is 50.5 Å². The van der Waals surface area contributed by atoms with Gasteiger partial charge in [0, 0.05) is 27.1 Å². The number of fused-ring (bicyclic) bond motifs is 1. The Morgan fingerprint density at radius 3 is 2.93 bits per heavy atom. The quantitative estimate of drug-likeness (QED) is 0.215. The Kier molecular flexibility index (Phi) is 8.20. The van der Waals surface area contributed by atoms with Crippen LogP contribution in [0, 0.1) is 0 Å². The number of ether oxygens (including phenoxy) is 1. The maximum atomic E-state index is 11.8. The number of hydrogen-bond acceptors (Lipinski definition) is 9. The van der Waals surface area contributed by atoms with E-state index in [0.717, 1.165) is 27.1 Å². The summed E-state index contributed by atoms with van der Waals surface area (Å²) in [5, 5.41) is 4.03. The summed E-state index contributed by atoms with van der Waals surface area (Å²) in [6.45, 7) is 2.42. The second-order valence-electron chi connectivity index (χ2n) is 5.56. The Bertz CT molecular complexity index is 978. The molecule has 0 saturated carbocycles. The molecule has 2 aromatic heterocycles. The summed E-state index contributed by atoms with van der Waals surface area (Å²) < 4.78 is 6.05. The van der Waals surface area contributed by atoms with Gasteiger partial charge in [0.1, 0.15) is 24.6 Å². The molecule has 29 heavy (non-hydrogen) atoms. The van der Waals surface area contributed by atoms with Gasteiger partial charge in [-0.05, 0) is 24.3 Å². The monoisotopic (exact) mass is 494 g/mol. The molecule has 8 nitrogen and oxygen atoms in total. The van der Waals surface area contributed by atoms with Crippen LogP contribution in [-0.4, -0.2) is 39.2 Å². The van der Waals surface area contributed by atoms with E-state index in [9.17, 15) is 4.79 Å². The molecule has 0 atom stereocenters. The molecule has 0 radical (unpaired) electrons. The van der Waals surface area contributed by atoms with Crippen LogP contribution in [0.25, 0.3) is 10.9 Å². The molecule has 3 N–H and O–H groups in total. The fourth-order valence-electron chi connectivity index (χ4n) is 2.29. The standard InChI is InChI=1S/C18H19BrN6O2S2/c1-2-28-29-7-6-27-18(26)25-24-16-9-14-15(10-20-16)21-11-22-17(14)23-13-5-3-4-12(19)8-13/h3-5,8-11H,2,6-7H2,1H3,(H,20,24)(H,25,26)(H,21,22,23). The highest BCUT2D eigenvalue weighted by Gasteiger charge is 2.08. The number of halogens is 1. The number of pyridine rings is 1. The predicted molar refractivity (Wildman–Crippen MR) is 123 cm³/mol. The average molecular weight is 495 g/mol. The lowest BCUT2D eigenvalue weighted by Crippen LogP contribution is -2.30. The second-order valence-corrected chi connectivity index (χ2v) is 9.35. The van der Waals surface area contributed by atoms with Crippen molar-refractivity contribution in [3.63, 3.8) is 0 Å². The van der Waals surface area contributed by atoms with Crippen LogP contribution in [-0.2, 0) is 4.74 Å². The van der Waals surface area contributed by atoms with E-state index in [1.807, 2.05) is 24.3 Å². The molecule has 11 heteroatoms. The summed E-state index contributed by atoms with van der Waals surface area (Å²) in [5.74, 6) is 2.83. The Labute approximate surface area is 184 Å². The molecular formula is C18H19BrN6O2S2. The smallest absolute Gasteiger partial charge is 0.426 e. The van der Waals surface area contributed by atoms with E-state index in [1.165, 1.54) is 6.33 Å². The molecular weight excluding hydrogens is 476 g/mol. The Morgan fingerprint density at radius 1 is 1.21 bits per heavy atom. The van der Waals surface area contributed by atoms with Crippen molar-refractivity contribution < 1.29 is 9.53 Å². The molecule has 0 aliphatic rings. The predicted octanol–water partition coefficient (Wildman–Crippen LogP) is 4.99. The van der Waals surface area contributed by atoms with Crippen LogP contribution in [0.3, 0.4) is 0 Å². The fraction of sp³-hybridized carbons (Fsp3) is 0.222. The third-order valence-electron chi connectivity index (χ3n) is 3.50. The summed E-state index contributed by atoms with van der Waals surface area (Å²) in [6, 6.07) is 9.52. The summed E-state index contributed by atoms with van der Waals surface area (Å²) in [5.41, 5.74) is 6.78. The molecule has 0 bridgehead atoms. The summed E-state index contributed by atoms with van der Waals surface area (Å²) in [6.07, 6.45) is 2.52. The van der Waals surface area contributed by atoms with Crippen LogP contribution in [0.5, 0.6) is 0 Å². The molecule has 0 saturated heterocycles. The molecule has 1 aromatic carbocycles. The second kappa shape index (κ2) is 11.1. The molecule has 152 valence electrons. The molecule has 1 amide bonds. The molecule has 0 aliphatic carbocycles. The lowest BCUT2D eigenvalue weighted by molar-refractivity contribution is 0.155. The first kappa shape index (κ1) is 21.5. The fourth-order valence-corrected chi connectivity index (χ4v) is 4.18. The lowest BCUT2D eigenvalue weighted by atomic mass is 10.2. The van der Waals surface area contributed by atoms with Crippen molar-refractivity contribution in [1.82, 2.24) is 20.4 Å². The summed E-state index contributed by atoms with van der Waals surface area (Å²) in [4.78, 5) is 24.6. The SMILES string of the molecule is CCSSCCOC(=O)NNc1cc2c(Nc3cccc(Br)c3)ncnc2cn1. The van der Waals surface area contributed by atoms with Crippen molar-refractivity contribution in [3.8, 4) is 0 Å². The molecule has 3 aromatic rings. The highest BCUT2D eigenvalue weighted by atomic mass is 79.9. The van der Waals surface area contributed by atoms with Gasteiger partial charge < -0.3 is 10.1 Å². The first-order valence-corrected chi connectivity index (χ1v) is 12.0. The zero-order chi connectivity index (χ0) is 20.5. The van der Waals surface area contributed by atoms with E-state index in [4.69, 9.17) is 4.74 Å². The van der Waals surface area contributed by atoms with Crippen molar-refractivity contribution in [2.75, 3.05) is 28.9 Å². The van der Waals surface area contributed by atoms with Gasteiger partial charge in [-0.2, -0.15) is 0 Å². The number of nitrogens with zero attached hydrogens (tertiary/aromatic N) is 3. The number of carbonyl (C=O) groups excluding carboxylic acids is 1. The van der Waals surface area contributed by atoms with E-state index in [1.54, 1.807) is 33.9 Å². The van der Waals surface area contributed by atoms with Gasteiger partial charge in [0.2, 0.25) is 0 Å². The van der Waals surface area contributed by atoms with E-state index < -0.39 is 6.09 Å². The number of nitrogens with one attached hydrogen (secondary N) is 3. The Hall–Kier alpha value is -2.24. The van der Waals surface area contributed by atoms with Crippen molar-refractivity contribution >= 4 is 71.8 Å². The number of hydrazine groups is 1. The van der Waals surface area contributed by atoms with Crippen LogP contribution in [0.2, 0.25) is 0 Å². The third kappa shape index (κ3) is 6.65. The maximum absolute atomic E-state index is 11.8. The van der Waals surface area contributed by atoms with E-state index in [-0.39, 0.29) is 0 Å². The lowest BCUT2D eigenvalue weighted by Gasteiger charge is -2.11. The van der Waals surface area contributed by atoms with Gasteiger partial charge in [0.05, 0.1) is 11.7 Å². The number of amides is 1. The first-order valence-electron chi connectivity index (χ1n) is 8.72. The van der Waals surface area contributed by atoms with Crippen LogP contribution in [0.1, 0.15) is 6.92 Å². The topological polar surface area (TPSA) is 101 Å². The number of anilines is 3. The highest BCUT2D eigenvalue weighted by molar-refractivity contribution is 9.10. The normalized spacial score (nSPS) is 10.6. The van der Waals surface area contributed by atoms with Crippen molar-refractivity contribution in [2.24, 2.45) is 0 Å². The van der Waals surface area contributed by atoms with E-state index in [2.05, 4.69) is 54.0 Å². The van der Waals surface area contributed by atoms with E-state index in [0.29, 0.717) is 23.8 Å². The molecule has 2 heterocycles. The largest absolute Gasteiger partial charge is 0.447 e. The molecule has 3 rings (SSSR count).